The van der Waals surface area contributed by atoms with Crippen LogP contribution in [0, 0.1) is 5.92 Å². The number of hydrogen-bond donors (Lipinski definition) is 1. The third-order valence-corrected chi connectivity index (χ3v) is 3.94. The minimum atomic E-state index is 0.0792. The Kier molecular flexibility index (Phi) is 7.44. The second kappa shape index (κ2) is 8.57. The highest BCUT2D eigenvalue weighted by Crippen LogP contribution is 2.20. The summed E-state index contributed by atoms with van der Waals surface area (Å²) in [4.78, 5) is 14.5. The van der Waals surface area contributed by atoms with Gasteiger partial charge in [0.05, 0.1) is 12.2 Å². The fraction of sp³-hybridized carbons (Fsp3) is 0.938. The van der Waals surface area contributed by atoms with Gasteiger partial charge in [-0.1, -0.05) is 47.0 Å². The Balaban J connectivity index is 2.50. The van der Waals surface area contributed by atoms with Crippen molar-refractivity contribution in [2.24, 2.45) is 5.92 Å². The largest absolute Gasteiger partial charge is 0.326 e. The van der Waals surface area contributed by atoms with Crippen molar-refractivity contribution >= 4 is 5.91 Å². The topological polar surface area (TPSA) is 32.3 Å². The van der Waals surface area contributed by atoms with Crippen molar-refractivity contribution in [1.82, 2.24) is 10.2 Å². The van der Waals surface area contributed by atoms with Gasteiger partial charge in [0.15, 0.2) is 0 Å². The number of hydrogen-bond acceptors (Lipinski definition) is 2. The third kappa shape index (κ3) is 5.13. The van der Waals surface area contributed by atoms with E-state index < -0.39 is 0 Å². The Morgan fingerprint density at radius 1 is 1.16 bits per heavy atom. The SMILES string of the molecule is CCCCC1NC(CCC)N(CCCC(C)C)C1=O. The Morgan fingerprint density at radius 2 is 1.89 bits per heavy atom. The van der Waals surface area contributed by atoms with Gasteiger partial charge < -0.3 is 4.90 Å². The molecule has 1 amide bonds. The lowest BCUT2D eigenvalue weighted by molar-refractivity contribution is -0.130. The van der Waals surface area contributed by atoms with Gasteiger partial charge in [-0.25, -0.2) is 0 Å². The molecule has 3 nitrogen and oxygen atoms in total. The van der Waals surface area contributed by atoms with Crippen LogP contribution in [0.15, 0.2) is 0 Å². The number of nitrogens with zero attached hydrogens (tertiary/aromatic N) is 1. The summed E-state index contributed by atoms with van der Waals surface area (Å²) in [5, 5.41) is 3.54. The fourth-order valence-electron chi connectivity index (χ4n) is 2.81. The first-order chi connectivity index (χ1) is 9.10. The van der Waals surface area contributed by atoms with E-state index in [9.17, 15) is 4.79 Å². The quantitative estimate of drug-likeness (QED) is 0.693. The van der Waals surface area contributed by atoms with E-state index in [0.29, 0.717) is 5.91 Å². The molecular weight excluding hydrogens is 236 g/mol. The highest BCUT2D eigenvalue weighted by Gasteiger charge is 2.37. The van der Waals surface area contributed by atoms with E-state index in [1.807, 2.05) is 0 Å². The van der Waals surface area contributed by atoms with Crippen LogP contribution in [0.2, 0.25) is 0 Å². The summed E-state index contributed by atoms with van der Waals surface area (Å²) in [5.41, 5.74) is 0. The van der Waals surface area contributed by atoms with E-state index in [2.05, 4.69) is 37.9 Å². The summed E-state index contributed by atoms with van der Waals surface area (Å²) in [6, 6.07) is 0.0792. The van der Waals surface area contributed by atoms with Crippen LogP contribution in [0.1, 0.15) is 72.6 Å². The van der Waals surface area contributed by atoms with Gasteiger partial charge in [-0.3, -0.25) is 10.1 Å². The summed E-state index contributed by atoms with van der Waals surface area (Å²) >= 11 is 0. The summed E-state index contributed by atoms with van der Waals surface area (Å²) in [7, 11) is 0. The van der Waals surface area contributed by atoms with Crippen LogP contribution >= 0.6 is 0 Å². The summed E-state index contributed by atoms with van der Waals surface area (Å²) in [6.45, 7) is 9.80. The van der Waals surface area contributed by atoms with E-state index >= 15 is 0 Å². The summed E-state index contributed by atoms with van der Waals surface area (Å²) < 4.78 is 0. The van der Waals surface area contributed by atoms with Crippen LogP contribution in [0.5, 0.6) is 0 Å². The maximum Gasteiger partial charge on any atom is 0.241 e. The van der Waals surface area contributed by atoms with Crippen molar-refractivity contribution in [3.8, 4) is 0 Å². The molecule has 0 saturated carbocycles. The van der Waals surface area contributed by atoms with Gasteiger partial charge in [0.2, 0.25) is 5.91 Å². The molecule has 2 unspecified atom stereocenters. The van der Waals surface area contributed by atoms with Gasteiger partial charge in [-0.05, 0) is 31.6 Å². The number of amides is 1. The van der Waals surface area contributed by atoms with E-state index in [-0.39, 0.29) is 12.2 Å². The lowest BCUT2D eigenvalue weighted by atomic mass is 10.1. The van der Waals surface area contributed by atoms with Gasteiger partial charge in [0.1, 0.15) is 0 Å². The number of rotatable bonds is 9. The first kappa shape index (κ1) is 16.5. The number of carbonyl (C=O) groups excluding carboxylic acids is 1. The molecule has 0 aromatic heterocycles. The Hall–Kier alpha value is -0.570. The molecule has 0 radical (unpaired) electrons. The van der Waals surface area contributed by atoms with Crippen LogP contribution in [0.3, 0.4) is 0 Å². The Morgan fingerprint density at radius 3 is 2.47 bits per heavy atom. The molecule has 3 heteroatoms. The Labute approximate surface area is 119 Å². The molecule has 1 saturated heterocycles. The van der Waals surface area contributed by atoms with Crippen LogP contribution in [-0.4, -0.2) is 29.6 Å². The molecule has 1 aliphatic heterocycles. The van der Waals surface area contributed by atoms with Crippen molar-refractivity contribution in [1.29, 1.82) is 0 Å². The molecule has 1 rings (SSSR count). The zero-order valence-corrected chi connectivity index (χ0v) is 13.2. The lowest BCUT2D eigenvalue weighted by Gasteiger charge is -2.24. The molecule has 1 heterocycles. The molecule has 1 aliphatic rings. The van der Waals surface area contributed by atoms with Crippen molar-refractivity contribution in [3.05, 3.63) is 0 Å². The van der Waals surface area contributed by atoms with E-state index in [0.717, 1.165) is 51.0 Å². The lowest BCUT2D eigenvalue weighted by Crippen LogP contribution is -2.38. The first-order valence-electron chi connectivity index (χ1n) is 8.16. The van der Waals surface area contributed by atoms with Gasteiger partial charge in [0, 0.05) is 6.54 Å². The molecule has 1 N–H and O–H groups in total. The predicted molar refractivity (Wildman–Crippen MR) is 80.9 cm³/mol. The zero-order valence-electron chi connectivity index (χ0n) is 13.2. The first-order valence-corrected chi connectivity index (χ1v) is 8.16. The zero-order chi connectivity index (χ0) is 14.3. The fourth-order valence-corrected chi connectivity index (χ4v) is 2.81. The number of nitrogens with one attached hydrogen (secondary N) is 1. The summed E-state index contributed by atoms with van der Waals surface area (Å²) in [6.07, 6.45) is 8.14. The van der Waals surface area contributed by atoms with Gasteiger partial charge >= 0.3 is 0 Å². The normalized spacial score (nSPS) is 23.6. The van der Waals surface area contributed by atoms with Crippen molar-refractivity contribution in [2.45, 2.75) is 84.8 Å². The molecule has 0 aliphatic carbocycles. The third-order valence-electron chi connectivity index (χ3n) is 3.94. The highest BCUT2D eigenvalue weighted by molar-refractivity contribution is 5.84. The van der Waals surface area contributed by atoms with Crippen molar-refractivity contribution in [3.63, 3.8) is 0 Å². The number of unbranched alkanes of at least 4 members (excludes halogenated alkanes) is 1. The standard InChI is InChI=1S/C16H32N2O/c1-5-7-11-14-16(19)18(12-8-10-13(3)4)15(17-14)9-6-2/h13-15,17H,5-12H2,1-4H3. The molecular formula is C16H32N2O. The molecule has 19 heavy (non-hydrogen) atoms. The van der Waals surface area contributed by atoms with Crippen LogP contribution in [0.25, 0.3) is 0 Å². The molecule has 0 spiro atoms. The van der Waals surface area contributed by atoms with Gasteiger partial charge in [-0.15, -0.1) is 0 Å². The maximum atomic E-state index is 12.4. The van der Waals surface area contributed by atoms with Gasteiger partial charge in [-0.2, -0.15) is 0 Å². The average molecular weight is 268 g/mol. The van der Waals surface area contributed by atoms with Crippen molar-refractivity contribution in [2.75, 3.05) is 6.54 Å². The molecule has 0 aromatic rings. The van der Waals surface area contributed by atoms with Crippen molar-refractivity contribution < 1.29 is 4.79 Å². The van der Waals surface area contributed by atoms with Crippen LogP contribution in [-0.2, 0) is 4.79 Å². The highest BCUT2D eigenvalue weighted by atomic mass is 16.2. The van der Waals surface area contributed by atoms with E-state index in [1.165, 1.54) is 6.42 Å². The van der Waals surface area contributed by atoms with Gasteiger partial charge in [0.25, 0.3) is 0 Å². The molecule has 112 valence electrons. The van der Waals surface area contributed by atoms with Crippen LogP contribution < -0.4 is 5.32 Å². The monoisotopic (exact) mass is 268 g/mol. The second-order valence-corrected chi connectivity index (χ2v) is 6.23. The minimum Gasteiger partial charge on any atom is -0.326 e. The van der Waals surface area contributed by atoms with Crippen LogP contribution in [0.4, 0.5) is 0 Å². The minimum absolute atomic E-state index is 0.0792. The van der Waals surface area contributed by atoms with E-state index in [1.54, 1.807) is 0 Å². The number of carbonyl (C=O) groups is 1. The molecule has 2 atom stereocenters. The molecule has 1 fully saturated rings. The van der Waals surface area contributed by atoms with E-state index in [4.69, 9.17) is 0 Å². The molecule has 0 aromatic carbocycles. The second-order valence-electron chi connectivity index (χ2n) is 6.23. The average Bonchev–Trinajstić information content (AvgIpc) is 2.65. The smallest absolute Gasteiger partial charge is 0.241 e. The summed E-state index contributed by atoms with van der Waals surface area (Å²) in [5.74, 6) is 1.07. The maximum absolute atomic E-state index is 12.4. The predicted octanol–water partition coefficient (Wildman–Crippen LogP) is 3.54. The Bertz CT molecular complexity index is 265. The molecule has 0 bridgehead atoms.